The molecule has 24 heavy (non-hydrogen) atoms. The number of halogens is 1. The highest BCUT2D eigenvalue weighted by molar-refractivity contribution is 5.80. The molecule has 5 nitrogen and oxygen atoms in total. The van der Waals surface area contributed by atoms with E-state index in [1.807, 2.05) is 25.8 Å². The number of amides is 1. The Morgan fingerprint density at radius 2 is 1.92 bits per heavy atom. The first-order valence-electron chi connectivity index (χ1n) is 8.21. The summed E-state index contributed by atoms with van der Waals surface area (Å²) in [5.74, 6) is -1.45. The first-order valence-corrected chi connectivity index (χ1v) is 8.21. The van der Waals surface area contributed by atoms with E-state index in [4.69, 9.17) is 0 Å². The summed E-state index contributed by atoms with van der Waals surface area (Å²) in [6.45, 7) is 5.52. The number of hydrogen-bond donors (Lipinski definition) is 1. The van der Waals surface area contributed by atoms with Gasteiger partial charge in [0.05, 0.1) is 12.5 Å². The number of benzene rings is 1. The molecule has 1 aromatic carbocycles. The predicted molar refractivity (Wildman–Crippen MR) is 88.8 cm³/mol. The number of carboxylic acid groups (broad SMARTS) is 1. The van der Waals surface area contributed by atoms with Gasteiger partial charge in [-0.1, -0.05) is 26.0 Å². The summed E-state index contributed by atoms with van der Waals surface area (Å²) in [4.78, 5) is 27.4. The fourth-order valence-corrected chi connectivity index (χ4v) is 3.26. The lowest BCUT2D eigenvalue weighted by atomic mass is 9.86. The minimum atomic E-state index is -0.830. The molecular weight excluding hydrogens is 311 g/mol. The van der Waals surface area contributed by atoms with Crippen molar-refractivity contribution in [2.45, 2.75) is 20.4 Å². The summed E-state index contributed by atoms with van der Waals surface area (Å²) in [5, 5.41) is 9.35. The topological polar surface area (TPSA) is 60.9 Å². The van der Waals surface area contributed by atoms with Crippen molar-refractivity contribution >= 4 is 11.9 Å². The van der Waals surface area contributed by atoms with E-state index >= 15 is 0 Å². The lowest BCUT2D eigenvalue weighted by Crippen LogP contribution is -2.38. The monoisotopic (exact) mass is 336 g/mol. The van der Waals surface area contributed by atoms with E-state index in [-0.39, 0.29) is 36.6 Å². The van der Waals surface area contributed by atoms with Gasteiger partial charge in [0, 0.05) is 19.6 Å². The molecule has 2 atom stereocenters. The van der Waals surface area contributed by atoms with Crippen LogP contribution in [-0.4, -0.2) is 53.5 Å². The highest BCUT2D eigenvalue weighted by atomic mass is 19.1. The van der Waals surface area contributed by atoms with Crippen molar-refractivity contribution in [1.29, 1.82) is 0 Å². The molecule has 1 saturated heterocycles. The van der Waals surface area contributed by atoms with Gasteiger partial charge in [0.15, 0.2) is 0 Å². The van der Waals surface area contributed by atoms with Crippen LogP contribution in [0.4, 0.5) is 4.39 Å². The molecular formula is C18H25FN2O3. The number of aliphatic carboxylic acids is 1. The molecule has 6 heteroatoms. The van der Waals surface area contributed by atoms with E-state index in [0.717, 1.165) is 5.56 Å². The smallest absolute Gasteiger partial charge is 0.308 e. The molecule has 0 radical (unpaired) electrons. The van der Waals surface area contributed by atoms with Crippen LogP contribution < -0.4 is 0 Å². The van der Waals surface area contributed by atoms with E-state index in [2.05, 4.69) is 0 Å². The van der Waals surface area contributed by atoms with Crippen LogP contribution >= 0.6 is 0 Å². The van der Waals surface area contributed by atoms with Crippen molar-refractivity contribution in [2.75, 3.05) is 26.7 Å². The average Bonchev–Trinajstić information content (AvgIpc) is 2.95. The molecule has 0 bridgehead atoms. The Labute approximate surface area is 142 Å². The maximum Gasteiger partial charge on any atom is 0.308 e. The summed E-state index contributed by atoms with van der Waals surface area (Å²) in [6.07, 6.45) is 0. The van der Waals surface area contributed by atoms with Crippen LogP contribution in [-0.2, 0) is 16.1 Å². The van der Waals surface area contributed by atoms with Gasteiger partial charge in [0.1, 0.15) is 5.82 Å². The molecule has 0 saturated carbocycles. The van der Waals surface area contributed by atoms with Crippen molar-refractivity contribution < 1.29 is 19.1 Å². The van der Waals surface area contributed by atoms with Crippen LogP contribution in [0.1, 0.15) is 19.4 Å². The van der Waals surface area contributed by atoms with Crippen LogP contribution in [0.2, 0.25) is 0 Å². The Hall–Kier alpha value is -1.95. The third kappa shape index (κ3) is 4.54. The number of carbonyl (C=O) groups is 2. The Bertz CT molecular complexity index is 588. The standard InChI is InChI=1S/C18H25FN2O3/c1-12(2)15-9-21(10-16(15)18(23)24)17(22)11-20(3)8-13-4-6-14(19)7-5-13/h4-7,12,15-16H,8-11H2,1-3H3,(H,23,24)/t15-,16+/m1/s1. The van der Waals surface area contributed by atoms with Crippen molar-refractivity contribution in [3.8, 4) is 0 Å². The quantitative estimate of drug-likeness (QED) is 0.864. The first kappa shape index (κ1) is 18.4. The molecule has 0 spiro atoms. The SMILES string of the molecule is CC(C)[C@H]1CN(C(=O)CN(C)Cc2ccc(F)cc2)C[C@@H]1C(=O)O. The second kappa shape index (κ2) is 7.75. The molecule has 1 amide bonds. The third-order valence-electron chi connectivity index (χ3n) is 4.66. The third-order valence-corrected chi connectivity index (χ3v) is 4.66. The molecule has 1 heterocycles. The molecule has 132 valence electrons. The summed E-state index contributed by atoms with van der Waals surface area (Å²) >= 11 is 0. The van der Waals surface area contributed by atoms with Gasteiger partial charge in [0.25, 0.3) is 0 Å². The summed E-state index contributed by atoms with van der Waals surface area (Å²) in [5.41, 5.74) is 0.927. The van der Waals surface area contributed by atoms with Crippen molar-refractivity contribution in [1.82, 2.24) is 9.80 Å². The zero-order chi connectivity index (χ0) is 17.9. The lowest BCUT2D eigenvalue weighted by Gasteiger charge is -2.22. The molecule has 1 fully saturated rings. The van der Waals surface area contributed by atoms with Gasteiger partial charge in [0.2, 0.25) is 5.91 Å². The fraction of sp³-hybridized carbons (Fsp3) is 0.556. The van der Waals surface area contributed by atoms with Gasteiger partial charge < -0.3 is 10.0 Å². The predicted octanol–water partition coefficient (Wildman–Crippen LogP) is 2.07. The first-order chi connectivity index (χ1) is 11.3. The van der Waals surface area contributed by atoms with Crippen LogP contribution in [0, 0.1) is 23.6 Å². The van der Waals surface area contributed by atoms with Gasteiger partial charge in [-0.15, -0.1) is 0 Å². The molecule has 1 aliphatic heterocycles. The molecule has 0 unspecified atom stereocenters. The number of carboxylic acids is 1. The zero-order valence-corrected chi connectivity index (χ0v) is 14.4. The van der Waals surface area contributed by atoms with E-state index in [0.29, 0.717) is 13.1 Å². The van der Waals surface area contributed by atoms with E-state index in [1.165, 1.54) is 12.1 Å². The van der Waals surface area contributed by atoms with E-state index in [1.54, 1.807) is 17.0 Å². The Balaban J connectivity index is 1.92. The highest BCUT2D eigenvalue weighted by Gasteiger charge is 2.40. The summed E-state index contributed by atoms with van der Waals surface area (Å²) in [6, 6.07) is 6.19. The van der Waals surface area contributed by atoms with Crippen LogP contribution in [0.25, 0.3) is 0 Å². The molecule has 1 aliphatic rings. The van der Waals surface area contributed by atoms with E-state index in [9.17, 15) is 19.1 Å². The Morgan fingerprint density at radius 1 is 1.29 bits per heavy atom. The molecule has 1 N–H and O–H groups in total. The number of nitrogens with zero attached hydrogens (tertiary/aromatic N) is 2. The number of rotatable bonds is 6. The van der Waals surface area contributed by atoms with Gasteiger partial charge in [-0.3, -0.25) is 14.5 Å². The van der Waals surface area contributed by atoms with E-state index < -0.39 is 11.9 Å². The maximum atomic E-state index is 12.9. The van der Waals surface area contributed by atoms with Gasteiger partial charge in [-0.25, -0.2) is 4.39 Å². The lowest BCUT2D eigenvalue weighted by molar-refractivity contribution is -0.143. The molecule has 1 aromatic rings. The number of likely N-dealkylation sites (tertiary alicyclic amines) is 1. The highest BCUT2D eigenvalue weighted by Crippen LogP contribution is 2.30. The second-order valence-electron chi connectivity index (χ2n) is 6.95. The number of likely N-dealkylation sites (N-methyl/N-ethyl adjacent to an activating group) is 1. The van der Waals surface area contributed by atoms with Gasteiger partial charge in [-0.05, 0) is 36.6 Å². The Kier molecular flexibility index (Phi) is 5.94. The fourth-order valence-electron chi connectivity index (χ4n) is 3.26. The van der Waals surface area contributed by atoms with Gasteiger partial charge in [-0.2, -0.15) is 0 Å². The largest absolute Gasteiger partial charge is 0.481 e. The molecule has 0 aliphatic carbocycles. The minimum absolute atomic E-state index is 0.00569. The molecule has 2 rings (SSSR count). The summed E-state index contributed by atoms with van der Waals surface area (Å²) < 4.78 is 12.9. The zero-order valence-electron chi connectivity index (χ0n) is 14.4. The van der Waals surface area contributed by atoms with Crippen molar-refractivity contribution in [2.24, 2.45) is 17.8 Å². The van der Waals surface area contributed by atoms with Crippen LogP contribution in [0.15, 0.2) is 24.3 Å². The maximum absolute atomic E-state index is 12.9. The number of hydrogen-bond acceptors (Lipinski definition) is 3. The normalized spacial score (nSPS) is 20.8. The Morgan fingerprint density at radius 3 is 2.42 bits per heavy atom. The van der Waals surface area contributed by atoms with Crippen molar-refractivity contribution in [3.63, 3.8) is 0 Å². The second-order valence-corrected chi connectivity index (χ2v) is 6.95. The van der Waals surface area contributed by atoms with Crippen LogP contribution in [0.5, 0.6) is 0 Å². The average molecular weight is 336 g/mol. The minimum Gasteiger partial charge on any atom is -0.481 e. The van der Waals surface area contributed by atoms with Crippen molar-refractivity contribution in [3.05, 3.63) is 35.6 Å². The number of carbonyl (C=O) groups excluding carboxylic acids is 1. The molecule has 0 aromatic heterocycles. The summed E-state index contributed by atoms with van der Waals surface area (Å²) in [7, 11) is 1.83. The van der Waals surface area contributed by atoms with Crippen LogP contribution in [0.3, 0.4) is 0 Å². The van der Waals surface area contributed by atoms with Gasteiger partial charge >= 0.3 is 5.97 Å².